The first-order chi connectivity index (χ1) is 13.7. The van der Waals surface area contributed by atoms with Crippen LogP contribution in [0.3, 0.4) is 0 Å². The summed E-state index contributed by atoms with van der Waals surface area (Å²) in [5.74, 6) is 0.462. The van der Waals surface area contributed by atoms with Crippen molar-refractivity contribution in [3.05, 3.63) is 77.2 Å². The topological polar surface area (TPSA) is 52.1 Å². The van der Waals surface area contributed by atoms with E-state index >= 15 is 0 Å². The summed E-state index contributed by atoms with van der Waals surface area (Å²) >= 11 is 0. The van der Waals surface area contributed by atoms with Crippen LogP contribution in [0.5, 0.6) is 0 Å². The maximum absolute atomic E-state index is 12.3. The zero-order chi connectivity index (χ0) is 20.8. The van der Waals surface area contributed by atoms with Crippen LogP contribution in [-0.2, 0) is 5.60 Å². The molecule has 2 N–H and O–H groups in total. The summed E-state index contributed by atoms with van der Waals surface area (Å²) in [5.41, 5.74) is 4.84. The van der Waals surface area contributed by atoms with E-state index < -0.39 is 5.60 Å². The Morgan fingerprint density at radius 1 is 1.10 bits per heavy atom. The number of pyridine rings is 1. The molecule has 0 spiro atoms. The van der Waals surface area contributed by atoms with Crippen molar-refractivity contribution in [2.45, 2.75) is 39.2 Å². The summed E-state index contributed by atoms with van der Waals surface area (Å²) in [6.45, 7) is 10.3. The molecule has 2 aromatic heterocycles. The van der Waals surface area contributed by atoms with Gasteiger partial charge in [0.15, 0.2) is 0 Å². The molecule has 4 heteroatoms. The number of rotatable bonds is 5. The number of aromatic nitrogens is 2. The van der Waals surface area contributed by atoms with Crippen LogP contribution in [-0.4, -0.2) is 40.1 Å². The van der Waals surface area contributed by atoms with Crippen LogP contribution in [0, 0.1) is 12.3 Å². The van der Waals surface area contributed by atoms with Gasteiger partial charge in [-0.1, -0.05) is 45.0 Å². The van der Waals surface area contributed by atoms with E-state index in [2.05, 4.69) is 86.0 Å². The molecule has 4 nitrogen and oxygen atoms in total. The van der Waals surface area contributed by atoms with Crippen molar-refractivity contribution >= 4 is 0 Å². The van der Waals surface area contributed by atoms with Gasteiger partial charge in [-0.3, -0.25) is 4.98 Å². The summed E-state index contributed by atoms with van der Waals surface area (Å²) in [7, 11) is 2.10. The van der Waals surface area contributed by atoms with Gasteiger partial charge < -0.3 is 15.0 Å². The molecule has 1 atom stereocenters. The number of aryl methyl sites for hydroxylation is 1. The smallest absolute Gasteiger partial charge is 0.124 e. The van der Waals surface area contributed by atoms with Crippen LogP contribution in [0.4, 0.5) is 0 Å². The van der Waals surface area contributed by atoms with Crippen LogP contribution in [0.15, 0.2) is 55.0 Å². The van der Waals surface area contributed by atoms with E-state index in [0.717, 1.165) is 35.5 Å². The van der Waals surface area contributed by atoms with Crippen molar-refractivity contribution in [1.82, 2.24) is 14.9 Å². The van der Waals surface area contributed by atoms with Crippen molar-refractivity contribution in [1.29, 1.82) is 0 Å². The highest BCUT2D eigenvalue weighted by Gasteiger charge is 2.55. The summed E-state index contributed by atoms with van der Waals surface area (Å²) in [6, 6.07) is 12.6. The third-order valence-electron chi connectivity index (χ3n) is 6.40. The predicted molar refractivity (Wildman–Crippen MR) is 118 cm³/mol. The molecule has 152 valence electrons. The van der Waals surface area contributed by atoms with Crippen LogP contribution < -0.4 is 0 Å². The number of hydrogen-bond donors (Lipinski definition) is 2. The van der Waals surface area contributed by atoms with Crippen molar-refractivity contribution < 1.29 is 5.11 Å². The number of H-pyrrole nitrogens is 1. The SMILES string of the molecule is Cc1c[nH]c(-c2cncc(C(O)(c3ccc(C(C)C)cc3)C3(C)CN(C)C3)c2)c1. The largest absolute Gasteiger partial charge is 0.380 e. The average molecular weight is 390 g/mol. The molecule has 29 heavy (non-hydrogen) atoms. The fraction of sp³-hybridized carbons (Fsp3) is 0.400. The number of nitrogens with zero attached hydrogens (tertiary/aromatic N) is 2. The van der Waals surface area contributed by atoms with E-state index in [4.69, 9.17) is 0 Å². The highest BCUT2D eigenvalue weighted by molar-refractivity contribution is 5.61. The second-order valence-corrected chi connectivity index (χ2v) is 9.27. The second-order valence-electron chi connectivity index (χ2n) is 9.27. The molecule has 0 saturated carbocycles. The zero-order valence-corrected chi connectivity index (χ0v) is 18.0. The van der Waals surface area contributed by atoms with Gasteiger partial charge in [-0.15, -0.1) is 0 Å². The number of aromatic amines is 1. The van der Waals surface area contributed by atoms with Crippen molar-refractivity contribution in [2.75, 3.05) is 20.1 Å². The van der Waals surface area contributed by atoms with Crippen molar-refractivity contribution in [3.8, 4) is 11.3 Å². The lowest BCUT2D eigenvalue weighted by atomic mass is 9.62. The monoisotopic (exact) mass is 389 g/mol. The quantitative estimate of drug-likeness (QED) is 0.665. The first-order valence-electron chi connectivity index (χ1n) is 10.4. The van der Waals surface area contributed by atoms with E-state index in [-0.39, 0.29) is 5.41 Å². The lowest BCUT2D eigenvalue weighted by Gasteiger charge is -2.55. The van der Waals surface area contributed by atoms with Crippen LogP contribution in [0.25, 0.3) is 11.3 Å². The Bertz CT molecular complexity index is 999. The minimum atomic E-state index is -1.11. The Balaban J connectivity index is 1.83. The molecule has 3 aromatic rings. The lowest BCUT2D eigenvalue weighted by Crippen LogP contribution is -2.63. The number of nitrogens with one attached hydrogen (secondary N) is 1. The third-order valence-corrected chi connectivity index (χ3v) is 6.40. The maximum Gasteiger partial charge on any atom is 0.124 e. The van der Waals surface area contributed by atoms with E-state index in [0.29, 0.717) is 5.92 Å². The van der Waals surface area contributed by atoms with Crippen LogP contribution in [0.2, 0.25) is 0 Å². The Morgan fingerprint density at radius 3 is 2.34 bits per heavy atom. The molecule has 1 aromatic carbocycles. The Kier molecular flexibility index (Phi) is 4.88. The standard InChI is InChI=1S/C25H31N3O/c1-17(2)19-6-8-21(9-7-19)25(29,24(4)15-28(5)16-24)22-11-20(13-26-14-22)23-10-18(3)12-27-23/h6-14,17,27,29H,15-16H2,1-5H3. The predicted octanol–water partition coefficient (Wildman–Crippen LogP) is 4.70. The fourth-order valence-corrected chi connectivity index (χ4v) is 4.80. The van der Waals surface area contributed by atoms with Crippen molar-refractivity contribution in [3.63, 3.8) is 0 Å². The summed E-state index contributed by atoms with van der Waals surface area (Å²) in [4.78, 5) is 10.1. The minimum absolute atomic E-state index is 0.285. The molecule has 0 aliphatic carbocycles. The molecule has 0 bridgehead atoms. The first-order valence-corrected chi connectivity index (χ1v) is 10.4. The van der Waals surface area contributed by atoms with Gasteiger partial charge in [0.2, 0.25) is 0 Å². The minimum Gasteiger partial charge on any atom is -0.380 e. The van der Waals surface area contributed by atoms with Gasteiger partial charge in [-0.05, 0) is 48.7 Å². The van der Waals surface area contributed by atoms with E-state index in [9.17, 15) is 5.11 Å². The van der Waals surface area contributed by atoms with E-state index in [1.807, 2.05) is 18.6 Å². The zero-order valence-electron chi connectivity index (χ0n) is 18.0. The summed E-state index contributed by atoms with van der Waals surface area (Å²) in [6.07, 6.45) is 5.66. The van der Waals surface area contributed by atoms with Gasteiger partial charge in [-0.2, -0.15) is 0 Å². The summed E-state index contributed by atoms with van der Waals surface area (Å²) < 4.78 is 0. The van der Waals surface area contributed by atoms with Gasteiger partial charge in [0.25, 0.3) is 0 Å². The molecule has 3 heterocycles. The molecule has 0 amide bonds. The normalized spacial score (nSPS) is 18.4. The van der Waals surface area contributed by atoms with E-state index in [1.165, 1.54) is 11.1 Å². The molecule has 1 aliphatic heterocycles. The van der Waals surface area contributed by atoms with Crippen molar-refractivity contribution in [2.24, 2.45) is 5.41 Å². The summed E-state index contributed by atoms with van der Waals surface area (Å²) in [5, 5.41) is 12.3. The van der Waals surface area contributed by atoms with Gasteiger partial charge in [-0.25, -0.2) is 0 Å². The Hall–Kier alpha value is -2.43. The lowest BCUT2D eigenvalue weighted by molar-refractivity contribution is -0.127. The fourth-order valence-electron chi connectivity index (χ4n) is 4.80. The Morgan fingerprint density at radius 2 is 1.79 bits per heavy atom. The number of hydrogen-bond acceptors (Lipinski definition) is 3. The number of benzene rings is 1. The molecule has 1 saturated heterocycles. The van der Waals surface area contributed by atoms with Gasteiger partial charge >= 0.3 is 0 Å². The highest BCUT2D eigenvalue weighted by Crippen LogP contribution is 2.50. The maximum atomic E-state index is 12.3. The molecule has 1 aliphatic rings. The molecule has 1 unspecified atom stereocenters. The Labute approximate surface area is 173 Å². The molecular weight excluding hydrogens is 358 g/mol. The van der Waals surface area contributed by atoms with Gasteiger partial charge in [0.05, 0.1) is 0 Å². The third kappa shape index (κ3) is 3.30. The second kappa shape index (κ2) is 7.12. The highest BCUT2D eigenvalue weighted by atomic mass is 16.3. The molecule has 1 fully saturated rings. The van der Waals surface area contributed by atoms with E-state index in [1.54, 1.807) is 0 Å². The van der Waals surface area contributed by atoms with Gasteiger partial charge in [0.1, 0.15) is 5.60 Å². The van der Waals surface area contributed by atoms with Gasteiger partial charge in [0, 0.05) is 53.9 Å². The average Bonchev–Trinajstić information content (AvgIpc) is 3.13. The first kappa shape index (κ1) is 19.9. The molecule has 0 radical (unpaired) electrons. The molecule has 4 rings (SSSR count). The van der Waals surface area contributed by atoms with Crippen LogP contribution >= 0.6 is 0 Å². The number of aliphatic hydroxyl groups is 1. The molecular formula is C25H31N3O. The number of likely N-dealkylation sites (tertiary alicyclic amines) is 1. The van der Waals surface area contributed by atoms with Crippen LogP contribution in [0.1, 0.15) is 48.9 Å².